The van der Waals surface area contributed by atoms with Crippen LogP contribution in [0.5, 0.6) is 0 Å². The van der Waals surface area contributed by atoms with E-state index >= 15 is 0 Å². The Kier molecular flexibility index (Phi) is 5.91. The summed E-state index contributed by atoms with van der Waals surface area (Å²) in [6.45, 7) is 0. The van der Waals surface area contributed by atoms with Gasteiger partial charge in [-0.3, -0.25) is 9.59 Å². The van der Waals surface area contributed by atoms with Crippen LogP contribution >= 0.6 is 11.8 Å². The number of carbonyl (C=O) groups excluding carboxylic acids is 2. The van der Waals surface area contributed by atoms with Crippen LogP contribution in [-0.2, 0) is 9.59 Å². The fraction of sp³-hybridized carbons (Fsp3) is 0.0741. The summed E-state index contributed by atoms with van der Waals surface area (Å²) in [4.78, 5) is 32.4. The van der Waals surface area contributed by atoms with Crippen LogP contribution in [-0.4, -0.2) is 22.2 Å². The van der Waals surface area contributed by atoms with E-state index in [1.807, 2.05) is 103 Å². The van der Waals surface area contributed by atoms with Gasteiger partial charge < -0.3 is 5.32 Å². The highest BCUT2D eigenvalue weighted by atomic mass is 32.2. The van der Waals surface area contributed by atoms with Gasteiger partial charge >= 0.3 is 0 Å². The lowest BCUT2D eigenvalue weighted by atomic mass is 10.1. The molecule has 1 saturated heterocycles. The second kappa shape index (κ2) is 9.30. The van der Waals surface area contributed by atoms with Crippen LogP contribution < -0.4 is 10.2 Å². The van der Waals surface area contributed by atoms with Crippen molar-refractivity contribution in [3.05, 3.63) is 103 Å². The summed E-state index contributed by atoms with van der Waals surface area (Å²) in [7, 11) is 0. The van der Waals surface area contributed by atoms with Gasteiger partial charge in [0, 0.05) is 17.5 Å². The highest BCUT2D eigenvalue weighted by Gasteiger charge is 2.41. The fourth-order valence-corrected chi connectivity index (χ4v) is 4.87. The summed E-state index contributed by atoms with van der Waals surface area (Å²) in [5, 5.41) is 5.18. The molecular weight excluding hydrogens is 430 g/mol. The summed E-state index contributed by atoms with van der Waals surface area (Å²) >= 11 is 1.28. The molecule has 0 aromatic heterocycles. The third kappa shape index (κ3) is 4.52. The minimum atomic E-state index is -0.560. The molecule has 6 heteroatoms. The molecule has 5 rings (SSSR count). The van der Waals surface area contributed by atoms with Crippen LogP contribution in [0.3, 0.4) is 0 Å². The van der Waals surface area contributed by atoms with Crippen molar-refractivity contribution in [1.29, 1.82) is 0 Å². The van der Waals surface area contributed by atoms with E-state index in [0.29, 0.717) is 10.9 Å². The molecular formula is C27H21N3O2S. The predicted molar refractivity (Wildman–Crippen MR) is 136 cm³/mol. The molecule has 0 spiro atoms. The molecule has 5 nitrogen and oxygen atoms in total. The Bertz CT molecular complexity index is 1330. The Morgan fingerprint density at radius 1 is 0.818 bits per heavy atom. The van der Waals surface area contributed by atoms with Gasteiger partial charge in [-0.1, -0.05) is 84.6 Å². The highest BCUT2D eigenvalue weighted by molar-refractivity contribution is 8.15. The average Bonchev–Trinajstić information content (AvgIpc) is 3.12. The molecule has 1 aliphatic heterocycles. The summed E-state index contributed by atoms with van der Waals surface area (Å²) < 4.78 is 0. The number of nitrogens with zero attached hydrogens (tertiary/aromatic N) is 2. The second-order valence-electron chi connectivity index (χ2n) is 7.62. The third-order valence-corrected chi connectivity index (χ3v) is 6.45. The minimum Gasteiger partial charge on any atom is -0.335 e. The number of amidine groups is 1. The summed E-state index contributed by atoms with van der Waals surface area (Å²) in [6, 6.07) is 32.7. The number of thioether (sulfide) groups is 1. The van der Waals surface area contributed by atoms with Gasteiger partial charge in [-0.25, -0.2) is 9.89 Å². The molecule has 1 N–H and O–H groups in total. The first-order valence-electron chi connectivity index (χ1n) is 10.7. The lowest BCUT2D eigenvalue weighted by Crippen LogP contribution is -2.31. The van der Waals surface area contributed by atoms with E-state index in [1.165, 1.54) is 16.7 Å². The first kappa shape index (κ1) is 21.0. The van der Waals surface area contributed by atoms with Crippen molar-refractivity contribution in [2.24, 2.45) is 4.99 Å². The quantitative estimate of drug-likeness (QED) is 0.235. The second-order valence-corrected chi connectivity index (χ2v) is 8.81. The van der Waals surface area contributed by atoms with Crippen LogP contribution in [0.25, 0.3) is 10.8 Å². The number of rotatable bonds is 4. The zero-order chi connectivity index (χ0) is 22.6. The summed E-state index contributed by atoms with van der Waals surface area (Å²) in [5.74, 6) is -0.426. The third-order valence-electron chi connectivity index (χ3n) is 5.38. The standard InChI is InChI=1S/C27H21N3O2S/c31-25-18-24(26(32)30(25)23-17-9-11-19-10-7-8-16-22(19)23)33-27(28-20-12-3-1-4-13-20)29-21-14-5-2-6-15-21/h1-17,24H,18H2,(H,28,29)/t24-/m1/s1. The highest BCUT2D eigenvalue weighted by Crippen LogP contribution is 2.35. The topological polar surface area (TPSA) is 61.8 Å². The summed E-state index contributed by atoms with van der Waals surface area (Å²) in [5.41, 5.74) is 2.26. The largest absolute Gasteiger partial charge is 0.335 e. The zero-order valence-electron chi connectivity index (χ0n) is 17.7. The molecule has 1 aliphatic rings. The van der Waals surface area contributed by atoms with Crippen molar-refractivity contribution in [1.82, 2.24) is 0 Å². The van der Waals surface area contributed by atoms with E-state index in [0.717, 1.165) is 22.1 Å². The molecule has 1 fully saturated rings. The monoisotopic (exact) mass is 451 g/mol. The van der Waals surface area contributed by atoms with Gasteiger partial charge in [-0.05, 0) is 35.7 Å². The number of amides is 2. The Labute approximate surface area is 196 Å². The maximum absolute atomic E-state index is 13.4. The van der Waals surface area contributed by atoms with E-state index in [9.17, 15) is 9.59 Å². The van der Waals surface area contributed by atoms with Crippen molar-refractivity contribution < 1.29 is 9.59 Å². The molecule has 1 atom stereocenters. The normalized spacial score (nSPS) is 16.4. The van der Waals surface area contributed by atoms with E-state index in [2.05, 4.69) is 5.32 Å². The number of fused-ring (bicyclic) bond motifs is 1. The van der Waals surface area contributed by atoms with Crippen molar-refractivity contribution in [2.45, 2.75) is 11.7 Å². The smallest absolute Gasteiger partial charge is 0.247 e. The molecule has 0 aliphatic carbocycles. The first-order valence-corrected chi connectivity index (χ1v) is 11.5. The number of anilines is 2. The zero-order valence-corrected chi connectivity index (χ0v) is 18.5. The fourth-order valence-electron chi connectivity index (χ4n) is 3.84. The Morgan fingerprint density at radius 3 is 2.27 bits per heavy atom. The van der Waals surface area contributed by atoms with Gasteiger partial charge in [0.15, 0.2) is 5.17 Å². The first-order chi connectivity index (χ1) is 16.2. The number of aliphatic imine (C=N–C) groups is 1. The molecule has 0 unspecified atom stereocenters. The van der Waals surface area contributed by atoms with Crippen LogP contribution in [0.1, 0.15) is 6.42 Å². The maximum Gasteiger partial charge on any atom is 0.247 e. The number of imide groups is 1. The molecule has 0 saturated carbocycles. The molecule has 4 aromatic carbocycles. The van der Waals surface area contributed by atoms with E-state index < -0.39 is 5.25 Å². The van der Waals surface area contributed by atoms with E-state index in [4.69, 9.17) is 4.99 Å². The van der Waals surface area contributed by atoms with Crippen LogP contribution in [0.4, 0.5) is 17.1 Å². The molecule has 4 aromatic rings. The van der Waals surface area contributed by atoms with Gasteiger partial charge in [-0.15, -0.1) is 0 Å². The minimum absolute atomic E-state index is 0.122. The molecule has 0 bridgehead atoms. The molecule has 162 valence electrons. The summed E-state index contributed by atoms with van der Waals surface area (Å²) in [6.07, 6.45) is 0.122. The van der Waals surface area contributed by atoms with Gasteiger partial charge in [-0.2, -0.15) is 0 Å². The number of carbonyl (C=O) groups is 2. The van der Waals surface area contributed by atoms with Gasteiger partial charge in [0.05, 0.1) is 11.4 Å². The molecule has 2 amide bonds. The van der Waals surface area contributed by atoms with Crippen LogP contribution in [0.15, 0.2) is 108 Å². The van der Waals surface area contributed by atoms with Crippen LogP contribution in [0, 0.1) is 0 Å². The van der Waals surface area contributed by atoms with Crippen molar-refractivity contribution in [3.8, 4) is 0 Å². The molecule has 33 heavy (non-hydrogen) atoms. The molecule has 1 heterocycles. The van der Waals surface area contributed by atoms with E-state index in [-0.39, 0.29) is 18.2 Å². The number of nitrogens with one attached hydrogen (secondary N) is 1. The van der Waals surface area contributed by atoms with Gasteiger partial charge in [0.2, 0.25) is 11.8 Å². The van der Waals surface area contributed by atoms with Crippen molar-refractivity contribution in [3.63, 3.8) is 0 Å². The van der Waals surface area contributed by atoms with Crippen molar-refractivity contribution >= 4 is 56.6 Å². The SMILES string of the molecule is O=C1C[C@@H](SC(=Nc2ccccc2)Nc2ccccc2)C(=O)N1c1cccc2ccccc12. The number of para-hydroxylation sites is 2. The lowest BCUT2D eigenvalue weighted by Gasteiger charge is -2.18. The van der Waals surface area contributed by atoms with Gasteiger partial charge in [0.1, 0.15) is 5.25 Å². The lowest BCUT2D eigenvalue weighted by molar-refractivity contribution is -0.121. The predicted octanol–water partition coefficient (Wildman–Crippen LogP) is 6.00. The van der Waals surface area contributed by atoms with Gasteiger partial charge in [0.25, 0.3) is 0 Å². The Hall–Kier alpha value is -3.90. The number of benzene rings is 4. The Morgan fingerprint density at radius 2 is 1.48 bits per heavy atom. The van der Waals surface area contributed by atoms with Crippen molar-refractivity contribution in [2.75, 3.05) is 10.2 Å². The average molecular weight is 452 g/mol. The number of hydrogen-bond donors (Lipinski definition) is 1. The molecule has 0 radical (unpaired) electrons. The van der Waals surface area contributed by atoms with Crippen LogP contribution in [0.2, 0.25) is 0 Å². The Balaban J connectivity index is 1.44. The number of hydrogen-bond acceptors (Lipinski definition) is 4. The van der Waals surface area contributed by atoms with E-state index in [1.54, 1.807) is 0 Å². The maximum atomic E-state index is 13.4.